The van der Waals surface area contributed by atoms with E-state index in [9.17, 15) is 18.8 Å². The Hall–Kier alpha value is -3.04. The predicted molar refractivity (Wildman–Crippen MR) is 132 cm³/mol. The first-order valence-corrected chi connectivity index (χ1v) is 12.0. The number of benzene rings is 2. The molecular weight excluding hydrogens is 497 g/mol. The fraction of sp³-hybridized carbons (Fsp3) is 0.320. The highest BCUT2D eigenvalue weighted by Crippen LogP contribution is 2.39. The quantitative estimate of drug-likeness (QED) is 0.319. The van der Waals surface area contributed by atoms with E-state index in [-0.39, 0.29) is 22.3 Å². The van der Waals surface area contributed by atoms with Gasteiger partial charge in [-0.1, -0.05) is 29.8 Å². The first-order valence-electron chi connectivity index (χ1n) is 10.8. The molecule has 0 bridgehead atoms. The molecule has 0 spiro atoms. The summed E-state index contributed by atoms with van der Waals surface area (Å²) in [6.07, 6.45) is 1.48. The van der Waals surface area contributed by atoms with Crippen molar-refractivity contribution in [3.8, 4) is 11.5 Å². The molecule has 186 valence electrons. The van der Waals surface area contributed by atoms with Gasteiger partial charge in [0, 0.05) is 5.56 Å². The number of nitrogens with zero attached hydrogens (tertiary/aromatic N) is 1. The van der Waals surface area contributed by atoms with E-state index >= 15 is 0 Å². The van der Waals surface area contributed by atoms with Crippen molar-refractivity contribution in [3.63, 3.8) is 0 Å². The maximum atomic E-state index is 13.9. The van der Waals surface area contributed by atoms with Gasteiger partial charge in [0.25, 0.3) is 11.1 Å². The number of esters is 1. The molecule has 0 saturated carbocycles. The summed E-state index contributed by atoms with van der Waals surface area (Å²) in [5.41, 5.74) is 0.102. The molecule has 0 radical (unpaired) electrons. The second-order valence-electron chi connectivity index (χ2n) is 8.50. The standard InChI is InChI=1S/C25H25ClFNO6S/c1-5-32-19-11-15(10-17(26)22(19)33-14-16-8-6-7-9-18(16)27)12-20-23(30)28(24(31)35-20)13-21(29)34-25(2,3)4/h6-12H,5,13-14H2,1-4H3. The van der Waals surface area contributed by atoms with E-state index in [0.29, 0.717) is 35.2 Å². The molecule has 1 aliphatic heterocycles. The van der Waals surface area contributed by atoms with Gasteiger partial charge in [-0.25, -0.2) is 4.39 Å². The van der Waals surface area contributed by atoms with Gasteiger partial charge in [-0.05, 0) is 69.3 Å². The van der Waals surface area contributed by atoms with Crippen LogP contribution in [-0.4, -0.2) is 40.8 Å². The zero-order chi connectivity index (χ0) is 25.8. The minimum Gasteiger partial charge on any atom is -0.490 e. The number of rotatable bonds is 8. The summed E-state index contributed by atoms with van der Waals surface area (Å²) in [5, 5.41) is -0.389. The van der Waals surface area contributed by atoms with Crippen molar-refractivity contribution in [2.75, 3.05) is 13.2 Å². The largest absolute Gasteiger partial charge is 0.490 e. The molecule has 7 nitrogen and oxygen atoms in total. The third-order valence-corrected chi connectivity index (χ3v) is 5.73. The lowest BCUT2D eigenvalue weighted by molar-refractivity contribution is -0.156. The third kappa shape index (κ3) is 6.99. The van der Waals surface area contributed by atoms with Crippen LogP contribution in [0.4, 0.5) is 9.18 Å². The highest BCUT2D eigenvalue weighted by Gasteiger charge is 2.37. The number of ether oxygens (including phenoxy) is 3. The summed E-state index contributed by atoms with van der Waals surface area (Å²) in [7, 11) is 0. The summed E-state index contributed by atoms with van der Waals surface area (Å²) in [6, 6.07) is 9.37. The molecule has 1 saturated heterocycles. The van der Waals surface area contributed by atoms with E-state index in [4.69, 9.17) is 25.8 Å². The van der Waals surface area contributed by atoms with Crippen molar-refractivity contribution in [3.05, 3.63) is 63.3 Å². The summed E-state index contributed by atoms with van der Waals surface area (Å²) in [5.74, 6) is -1.17. The molecule has 2 aromatic carbocycles. The van der Waals surface area contributed by atoms with Crippen molar-refractivity contribution >= 4 is 46.6 Å². The number of hydrogen-bond donors (Lipinski definition) is 0. The molecule has 2 aromatic rings. The van der Waals surface area contributed by atoms with Crippen molar-refractivity contribution in [2.45, 2.75) is 39.9 Å². The van der Waals surface area contributed by atoms with Crippen LogP contribution in [0.1, 0.15) is 38.8 Å². The van der Waals surface area contributed by atoms with Gasteiger partial charge in [-0.15, -0.1) is 0 Å². The lowest BCUT2D eigenvalue weighted by Gasteiger charge is -2.21. The number of hydrogen-bond acceptors (Lipinski definition) is 7. The number of imide groups is 1. The normalized spacial score (nSPS) is 15.0. The van der Waals surface area contributed by atoms with Crippen LogP contribution in [-0.2, 0) is 20.9 Å². The van der Waals surface area contributed by atoms with Gasteiger partial charge in [-0.3, -0.25) is 19.3 Å². The van der Waals surface area contributed by atoms with Gasteiger partial charge in [0.2, 0.25) is 0 Å². The van der Waals surface area contributed by atoms with Gasteiger partial charge >= 0.3 is 5.97 Å². The molecule has 0 atom stereocenters. The van der Waals surface area contributed by atoms with E-state index in [2.05, 4.69) is 0 Å². The van der Waals surface area contributed by atoms with Crippen LogP contribution in [0.5, 0.6) is 11.5 Å². The number of halogens is 2. The zero-order valence-electron chi connectivity index (χ0n) is 19.7. The smallest absolute Gasteiger partial charge is 0.326 e. The number of carbonyl (C=O) groups excluding carboxylic acids is 3. The van der Waals surface area contributed by atoms with E-state index in [1.807, 2.05) is 0 Å². The fourth-order valence-corrected chi connectivity index (χ4v) is 4.24. The fourth-order valence-electron chi connectivity index (χ4n) is 3.13. The van der Waals surface area contributed by atoms with Crippen LogP contribution in [0.25, 0.3) is 6.08 Å². The van der Waals surface area contributed by atoms with Crippen LogP contribution in [0.15, 0.2) is 41.3 Å². The van der Waals surface area contributed by atoms with Crippen LogP contribution in [0.3, 0.4) is 0 Å². The van der Waals surface area contributed by atoms with Crippen LogP contribution < -0.4 is 9.47 Å². The monoisotopic (exact) mass is 521 g/mol. The summed E-state index contributed by atoms with van der Waals surface area (Å²) >= 11 is 7.14. The van der Waals surface area contributed by atoms with Gasteiger partial charge in [0.05, 0.1) is 16.5 Å². The number of carbonyl (C=O) groups is 3. The molecule has 2 amide bonds. The minimum atomic E-state index is -0.739. The van der Waals surface area contributed by atoms with Gasteiger partial charge in [0.1, 0.15) is 24.6 Å². The number of thioether (sulfide) groups is 1. The van der Waals surface area contributed by atoms with Crippen molar-refractivity contribution in [1.29, 1.82) is 0 Å². The topological polar surface area (TPSA) is 82.1 Å². The molecule has 0 unspecified atom stereocenters. The van der Waals surface area contributed by atoms with E-state index in [1.165, 1.54) is 12.1 Å². The summed E-state index contributed by atoms with van der Waals surface area (Å²) in [6.45, 7) is 6.64. The van der Waals surface area contributed by atoms with Crippen molar-refractivity contribution < 1.29 is 33.0 Å². The SMILES string of the molecule is CCOc1cc(C=C2SC(=O)N(CC(=O)OC(C)(C)C)C2=O)cc(Cl)c1OCc1ccccc1F. The lowest BCUT2D eigenvalue weighted by Crippen LogP contribution is -2.37. The Bertz CT molecular complexity index is 1180. The molecule has 0 aliphatic carbocycles. The Labute approximate surface area is 212 Å². The Kier molecular flexibility index (Phi) is 8.45. The molecule has 1 fully saturated rings. The second kappa shape index (κ2) is 11.1. The maximum absolute atomic E-state index is 13.9. The molecule has 35 heavy (non-hydrogen) atoms. The Morgan fingerprint density at radius 3 is 2.54 bits per heavy atom. The average molecular weight is 522 g/mol. The second-order valence-corrected chi connectivity index (χ2v) is 9.90. The van der Waals surface area contributed by atoms with Gasteiger partial charge in [-0.2, -0.15) is 0 Å². The van der Waals surface area contributed by atoms with Crippen LogP contribution in [0, 0.1) is 5.82 Å². The predicted octanol–water partition coefficient (Wildman–Crippen LogP) is 5.83. The molecule has 1 heterocycles. The average Bonchev–Trinajstić information content (AvgIpc) is 3.00. The van der Waals surface area contributed by atoms with Gasteiger partial charge < -0.3 is 14.2 Å². The molecule has 0 N–H and O–H groups in total. The third-order valence-electron chi connectivity index (χ3n) is 4.54. The van der Waals surface area contributed by atoms with Crippen molar-refractivity contribution in [2.24, 2.45) is 0 Å². The van der Waals surface area contributed by atoms with E-state index in [1.54, 1.807) is 58.0 Å². The molecule has 0 aromatic heterocycles. The number of amides is 2. The Balaban J connectivity index is 1.81. The Morgan fingerprint density at radius 2 is 1.89 bits per heavy atom. The summed E-state index contributed by atoms with van der Waals surface area (Å²) < 4.78 is 30.5. The highest BCUT2D eigenvalue weighted by molar-refractivity contribution is 8.18. The summed E-state index contributed by atoms with van der Waals surface area (Å²) in [4.78, 5) is 38.1. The van der Waals surface area contributed by atoms with Gasteiger partial charge in [0.15, 0.2) is 11.5 Å². The van der Waals surface area contributed by atoms with Crippen LogP contribution >= 0.6 is 23.4 Å². The first kappa shape index (κ1) is 26.6. The highest BCUT2D eigenvalue weighted by atomic mass is 35.5. The van der Waals surface area contributed by atoms with Crippen LogP contribution in [0.2, 0.25) is 5.02 Å². The van der Waals surface area contributed by atoms with E-state index in [0.717, 1.165) is 4.90 Å². The van der Waals surface area contributed by atoms with E-state index < -0.39 is 35.1 Å². The molecule has 3 rings (SSSR count). The zero-order valence-corrected chi connectivity index (χ0v) is 21.3. The molecular formula is C25H25ClFNO6S. The lowest BCUT2D eigenvalue weighted by atomic mass is 10.1. The molecule has 1 aliphatic rings. The Morgan fingerprint density at radius 1 is 1.17 bits per heavy atom. The minimum absolute atomic E-state index is 0.0602. The molecule has 10 heteroatoms. The first-order chi connectivity index (χ1) is 16.5. The maximum Gasteiger partial charge on any atom is 0.326 e. The van der Waals surface area contributed by atoms with Crippen molar-refractivity contribution in [1.82, 2.24) is 4.90 Å².